The summed E-state index contributed by atoms with van der Waals surface area (Å²) in [7, 11) is 0. The van der Waals surface area contributed by atoms with E-state index in [0.29, 0.717) is 11.7 Å². The Kier molecular flexibility index (Phi) is 2.57. The van der Waals surface area contributed by atoms with Crippen LogP contribution in [0.4, 0.5) is 0 Å². The van der Waals surface area contributed by atoms with E-state index in [0.717, 1.165) is 19.5 Å². The van der Waals surface area contributed by atoms with Crippen molar-refractivity contribution in [1.82, 2.24) is 4.90 Å². The summed E-state index contributed by atoms with van der Waals surface area (Å²) in [5.41, 5.74) is 0. The van der Waals surface area contributed by atoms with E-state index in [1.165, 1.54) is 6.42 Å². The standard InChI is InChI=1S/C11H15NO2/c1-9-4-2-6-12(8-9)11(13)10-5-3-7-14-10/h3,5,7,9H,2,4,6,8H2,1H3/t9-/m1/s1. The molecule has 1 fully saturated rings. The van der Waals surface area contributed by atoms with Crippen LogP contribution in [0, 0.1) is 5.92 Å². The van der Waals surface area contributed by atoms with Gasteiger partial charge in [-0.15, -0.1) is 0 Å². The van der Waals surface area contributed by atoms with Gasteiger partial charge >= 0.3 is 0 Å². The molecule has 3 heteroatoms. The maximum Gasteiger partial charge on any atom is 0.289 e. The number of hydrogen-bond acceptors (Lipinski definition) is 2. The Balaban J connectivity index is 2.04. The van der Waals surface area contributed by atoms with Gasteiger partial charge in [0.2, 0.25) is 0 Å². The lowest BCUT2D eigenvalue weighted by Crippen LogP contribution is -2.38. The average Bonchev–Trinajstić information content (AvgIpc) is 2.69. The molecular formula is C11H15NO2. The van der Waals surface area contributed by atoms with Crippen molar-refractivity contribution < 1.29 is 9.21 Å². The maximum absolute atomic E-state index is 11.8. The molecule has 14 heavy (non-hydrogen) atoms. The first-order chi connectivity index (χ1) is 6.77. The molecule has 0 bridgehead atoms. The van der Waals surface area contributed by atoms with Crippen LogP contribution < -0.4 is 0 Å². The zero-order valence-corrected chi connectivity index (χ0v) is 8.40. The Morgan fingerprint density at radius 3 is 3.14 bits per heavy atom. The molecule has 3 nitrogen and oxygen atoms in total. The van der Waals surface area contributed by atoms with Crippen LogP contribution in [-0.4, -0.2) is 23.9 Å². The monoisotopic (exact) mass is 193 g/mol. The third-order valence-corrected chi connectivity index (χ3v) is 2.68. The Hall–Kier alpha value is -1.25. The van der Waals surface area contributed by atoms with Gasteiger partial charge in [0, 0.05) is 13.1 Å². The lowest BCUT2D eigenvalue weighted by Gasteiger charge is -2.30. The number of likely N-dealkylation sites (tertiary alicyclic amines) is 1. The molecule has 2 rings (SSSR count). The summed E-state index contributed by atoms with van der Waals surface area (Å²) >= 11 is 0. The van der Waals surface area contributed by atoms with Crippen molar-refractivity contribution in [3.8, 4) is 0 Å². The Bertz CT molecular complexity index is 305. The summed E-state index contributed by atoms with van der Waals surface area (Å²) in [5, 5.41) is 0. The van der Waals surface area contributed by atoms with Crippen molar-refractivity contribution in [2.45, 2.75) is 19.8 Å². The minimum atomic E-state index is 0.0292. The first kappa shape index (κ1) is 9.31. The quantitative estimate of drug-likeness (QED) is 0.684. The van der Waals surface area contributed by atoms with Crippen LogP contribution in [0.15, 0.2) is 22.8 Å². The molecule has 0 N–H and O–H groups in total. The lowest BCUT2D eigenvalue weighted by molar-refractivity contribution is 0.0651. The topological polar surface area (TPSA) is 33.5 Å². The molecule has 1 aromatic heterocycles. The molecule has 1 aromatic rings. The normalized spacial score (nSPS) is 22.4. The van der Waals surface area contributed by atoms with Crippen LogP contribution >= 0.6 is 0 Å². The minimum Gasteiger partial charge on any atom is -0.459 e. The molecule has 0 aliphatic carbocycles. The van der Waals surface area contributed by atoms with E-state index in [-0.39, 0.29) is 5.91 Å². The fourth-order valence-corrected chi connectivity index (χ4v) is 1.93. The predicted molar refractivity (Wildman–Crippen MR) is 53.0 cm³/mol. The largest absolute Gasteiger partial charge is 0.459 e. The van der Waals surface area contributed by atoms with Crippen LogP contribution in [0.2, 0.25) is 0 Å². The molecule has 2 heterocycles. The molecule has 0 saturated carbocycles. The summed E-state index contributed by atoms with van der Waals surface area (Å²) in [4.78, 5) is 13.7. The van der Waals surface area contributed by atoms with Gasteiger partial charge in [-0.2, -0.15) is 0 Å². The van der Waals surface area contributed by atoms with Crippen molar-refractivity contribution in [3.05, 3.63) is 24.2 Å². The van der Waals surface area contributed by atoms with Crippen LogP contribution in [0.3, 0.4) is 0 Å². The number of piperidine rings is 1. The van der Waals surface area contributed by atoms with E-state index in [9.17, 15) is 4.79 Å². The van der Waals surface area contributed by atoms with E-state index < -0.39 is 0 Å². The van der Waals surface area contributed by atoms with Gasteiger partial charge < -0.3 is 9.32 Å². The van der Waals surface area contributed by atoms with E-state index in [2.05, 4.69) is 6.92 Å². The third kappa shape index (κ3) is 1.81. The van der Waals surface area contributed by atoms with Crippen molar-refractivity contribution in [1.29, 1.82) is 0 Å². The van der Waals surface area contributed by atoms with E-state index in [4.69, 9.17) is 4.42 Å². The molecule has 1 saturated heterocycles. The van der Waals surface area contributed by atoms with E-state index in [1.54, 1.807) is 18.4 Å². The number of carbonyl (C=O) groups is 1. The smallest absolute Gasteiger partial charge is 0.289 e. The highest BCUT2D eigenvalue weighted by Gasteiger charge is 2.23. The summed E-state index contributed by atoms with van der Waals surface area (Å²) in [6, 6.07) is 3.47. The van der Waals surface area contributed by atoms with E-state index >= 15 is 0 Å². The minimum absolute atomic E-state index is 0.0292. The zero-order chi connectivity index (χ0) is 9.97. The van der Waals surface area contributed by atoms with Crippen LogP contribution in [-0.2, 0) is 0 Å². The number of furan rings is 1. The van der Waals surface area contributed by atoms with Crippen LogP contribution in [0.5, 0.6) is 0 Å². The van der Waals surface area contributed by atoms with Gasteiger partial charge in [-0.05, 0) is 30.9 Å². The lowest BCUT2D eigenvalue weighted by atomic mass is 10.0. The maximum atomic E-state index is 11.8. The predicted octanol–water partition coefficient (Wildman–Crippen LogP) is 2.15. The molecule has 1 aliphatic rings. The van der Waals surface area contributed by atoms with Gasteiger partial charge in [-0.25, -0.2) is 0 Å². The van der Waals surface area contributed by atoms with E-state index in [1.807, 2.05) is 4.90 Å². The molecule has 0 spiro atoms. The molecule has 0 unspecified atom stereocenters. The van der Waals surface area contributed by atoms with Gasteiger partial charge in [0.1, 0.15) is 0 Å². The fraction of sp³-hybridized carbons (Fsp3) is 0.545. The molecular weight excluding hydrogens is 178 g/mol. The highest BCUT2D eigenvalue weighted by molar-refractivity contribution is 5.91. The molecule has 0 radical (unpaired) electrons. The second kappa shape index (κ2) is 3.86. The number of nitrogens with zero attached hydrogens (tertiary/aromatic N) is 1. The summed E-state index contributed by atoms with van der Waals surface area (Å²) in [5.74, 6) is 1.10. The first-order valence-electron chi connectivity index (χ1n) is 5.10. The number of hydrogen-bond donors (Lipinski definition) is 0. The van der Waals surface area contributed by atoms with Crippen molar-refractivity contribution in [3.63, 3.8) is 0 Å². The molecule has 1 aliphatic heterocycles. The summed E-state index contributed by atoms with van der Waals surface area (Å²) < 4.78 is 5.09. The van der Waals surface area contributed by atoms with Gasteiger partial charge in [0.05, 0.1) is 6.26 Å². The molecule has 1 atom stereocenters. The first-order valence-corrected chi connectivity index (χ1v) is 5.10. The van der Waals surface area contributed by atoms with Gasteiger partial charge in [0.15, 0.2) is 5.76 Å². The molecule has 1 amide bonds. The van der Waals surface area contributed by atoms with Crippen molar-refractivity contribution in [2.75, 3.05) is 13.1 Å². The second-order valence-corrected chi connectivity index (χ2v) is 3.98. The Morgan fingerprint density at radius 1 is 1.64 bits per heavy atom. The highest BCUT2D eigenvalue weighted by Crippen LogP contribution is 2.17. The molecule has 76 valence electrons. The summed E-state index contributed by atoms with van der Waals surface area (Å²) in [6.07, 6.45) is 3.87. The highest BCUT2D eigenvalue weighted by atomic mass is 16.3. The summed E-state index contributed by atoms with van der Waals surface area (Å²) in [6.45, 7) is 3.91. The van der Waals surface area contributed by atoms with Crippen molar-refractivity contribution in [2.24, 2.45) is 5.92 Å². The number of amides is 1. The molecule has 0 aromatic carbocycles. The van der Waals surface area contributed by atoms with Crippen molar-refractivity contribution >= 4 is 5.91 Å². The SMILES string of the molecule is C[C@@H]1CCCN(C(=O)c2ccco2)C1. The second-order valence-electron chi connectivity index (χ2n) is 3.98. The Labute approximate surface area is 83.7 Å². The van der Waals surface area contributed by atoms with Crippen LogP contribution in [0.25, 0.3) is 0 Å². The average molecular weight is 193 g/mol. The fourth-order valence-electron chi connectivity index (χ4n) is 1.93. The number of carbonyl (C=O) groups excluding carboxylic acids is 1. The number of rotatable bonds is 1. The van der Waals surface area contributed by atoms with Gasteiger partial charge in [-0.1, -0.05) is 6.92 Å². The van der Waals surface area contributed by atoms with Gasteiger partial charge in [0.25, 0.3) is 5.91 Å². The third-order valence-electron chi connectivity index (χ3n) is 2.68. The van der Waals surface area contributed by atoms with Gasteiger partial charge in [-0.3, -0.25) is 4.79 Å². The Morgan fingerprint density at radius 2 is 2.50 bits per heavy atom. The zero-order valence-electron chi connectivity index (χ0n) is 8.40. The van der Waals surface area contributed by atoms with Crippen LogP contribution in [0.1, 0.15) is 30.3 Å².